The second-order valence-electron chi connectivity index (χ2n) is 5.54. The molecule has 1 nitrogen and oxygen atoms in total. The molecule has 4 aromatic rings. The molecule has 0 saturated heterocycles. The number of fused-ring (bicyclic) bond motifs is 3. The lowest BCUT2D eigenvalue weighted by atomic mass is 9.96. The number of hydrogen-bond acceptors (Lipinski definition) is 1. The maximum atomic E-state index is 4.98. The van der Waals surface area contributed by atoms with Gasteiger partial charge in [-0.15, -0.1) is 0 Å². The fraction of sp³-hybridized carbons (Fsp3) is 0.0952. The van der Waals surface area contributed by atoms with Crippen LogP contribution in [0, 0.1) is 0 Å². The maximum Gasteiger partial charge on any atom is 0.0788 e. The molecule has 0 amide bonds. The first-order valence-corrected chi connectivity index (χ1v) is 7.74. The molecule has 4 rings (SSSR count). The summed E-state index contributed by atoms with van der Waals surface area (Å²) in [6.45, 7) is 2.20. The molecule has 0 bridgehead atoms. The summed E-state index contributed by atoms with van der Waals surface area (Å²) in [5.41, 5.74) is 4.68. The predicted octanol–water partition coefficient (Wildman–Crippen LogP) is 5.62. The fourth-order valence-electron chi connectivity index (χ4n) is 3.19. The van der Waals surface area contributed by atoms with E-state index >= 15 is 0 Å². The number of aromatic nitrogens is 1. The van der Waals surface area contributed by atoms with Crippen LogP contribution in [0.15, 0.2) is 72.8 Å². The Morgan fingerprint density at radius 3 is 2.23 bits per heavy atom. The van der Waals surface area contributed by atoms with E-state index in [1.165, 1.54) is 27.3 Å². The van der Waals surface area contributed by atoms with Gasteiger partial charge in [-0.1, -0.05) is 73.7 Å². The van der Waals surface area contributed by atoms with Gasteiger partial charge < -0.3 is 0 Å². The summed E-state index contributed by atoms with van der Waals surface area (Å²) in [7, 11) is 0. The van der Waals surface area contributed by atoms with Crippen molar-refractivity contribution in [2.24, 2.45) is 0 Å². The maximum absolute atomic E-state index is 4.98. The van der Waals surface area contributed by atoms with Crippen LogP contribution in [0.3, 0.4) is 0 Å². The van der Waals surface area contributed by atoms with E-state index in [1.807, 2.05) is 6.07 Å². The monoisotopic (exact) mass is 283 g/mol. The minimum atomic E-state index is 1.02. The molecule has 0 radical (unpaired) electrons. The molecule has 106 valence electrons. The van der Waals surface area contributed by atoms with Crippen molar-refractivity contribution in [2.45, 2.75) is 13.3 Å². The zero-order chi connectivity index (χ0) is 14.9. The molecule has 22 heavy (non-hydrogen) atoms. The number of benzene rings is 3. The quantitative estimate of drug-likeness (QED) is 0.435. The number of hydrogen-bond donors (Lipinski definition) is 0. The normalized spacial score (nSPS) is 11.1. The first-order chi connectivity index (χ1) is 10.9. The van der Waals surface area contributed by atoms with E-state index in [-0.39, 0.29) is 0 Å². The van der Waals surface area contributed by atoms with Crippen LogP contribution >= 0.6 is 0 Å². The predicted molar refractivity (Wildman–Crippen MR) is 94.1 cm³/mol. The molecule has 1 heterocycles. The lowest BCUT2D eigenvalue weighted by molar-refractivity contribution is 1.16. The minimum Gasteiger partial charge on any atom is -0.247 e. The average molecular weight is 283 g/mol. The van der Waals surface area contributed by atoms with Crippen molar-refractivity contribution in [1.29, 1.82) is 0 Å². The zero-order valence-corrected chi connectivity index (χ0v) is 12.6. The average Bonchev–Trinajstić information content (AvgIpc) is 2.61. The van der Waals surface area contributed by atoms with Gasteiger partial charge in [-0.3, -0.25) is 0 Å². The van der Waals surface area contributed by atoms with Crippen molar-refractivity contribution in [3.63, 3.8) is 0 Å². The Morgan fingerprint density at radius 1 is 0.727 bits per heavy atom. The van der Waals surface area contributed by atoms with Gasteiger partial charge in [-0.25, -0.2) is 4.98 Å². The van der Waals surface area contributed by atoms with Gasteiger partial charge in [-0.2, -0.15) is 0 Å². The molecule has 0 saturated carbocycles. The van der Waals surface area contributed by atoms with Crippen molar-refractivity contribution in [3.8, 4) is 11.3 Å². The van der Waals surface area contributed by atoms with Crippen molar-refractivity contribution in [3.05, 3.63) is 78.4 Å². The molecule has 1 aromatic heterocycles. The Balaban J connectivity index is 2.19. The Morgan fingerprint density at radius 2 is 1.45 bits per heavy atom. The molecule has 0 aliphatic rings. The summed E-state index contributed by atoms with van der Waals surface area (Å²) in [6.07, 6.45) is 1.02. The summed E-state index contributed by atoms with van der Waals surface area (Å²) in [6, 6.07) is 25.5. The Labute approximate surface area is 130 Å². The highest BCUT2D eigenvalue weighted by molar-refractivity contribution is 6.12. The minimum absolute atomic E-state index is 1.02. The highest BCUT2D eigenvalue weighted by Gasteiger charge is 2.11. The molecule has 0 aliphatic carbocycles. The van der Waals surface area contributed by atoms with Gasteiger partial charge in [0.25, 0.3) is 0 Å². The van der Waals surface area contributed by atoms with Gasteiger partial charge in [0.1, 0.15) is 0 Å². The van der Waals surface area contributed by atoms with E-state index in [2.05, 4.69) is 73.7 Å². The molecule has 0 N–H and O–H groups in total. The van der Waals surface area contributed by atoms with Crippen LogP contribution in [0.5, 0.6) is 0 Å². The second kappa shape index (κ2) is 5.27. The summed E-state index contributed by atoms with van der Waals surface area (Å²) < 4.78 is 0. The molecule has 1 heteroatoms. The van der Waals surface area contributed by atoms with Crippen LogP contribution in [0.25, 0.3) is 32.9 Å². The Hall–Kier alpha value is -2.67. The first-order valence-electron chi connectivity index (χ1n) is 7.74. The largest absolute Gasteiger partial charge is 0.247 e. The third kappa shape index (κ3) is 1.98. The lowest BCUT2D eigenvalue weighted by Crippen LogP contribution is -1.92. The summed E-state index contributed by atoms with van der Waals surface area (Å²) in [4.78, 5) is 4.98. The summed E-state index contributed by atoms with van der Waals surface area (Å²) in [5.74, 6) is 0. The summed E-state index contributed by atoms with van der Waals surface area (Å²) in [5, 5.41) is 3.81. The molecule has 0 fully saturated rings. The lowest BCUT2D eigenvalue weighted by Gasteiger charge is -2.12. The van der Waals surface area contributed by atoms with Gasteiger partial charge in [0.05, 0.1) is 11.2 Å². The highest BCUT2D eigenvalue weighted by atomic mass is 14.7. The first kappa shape index (κ1) is 13.0. The van der Waals surface area contributed by atoms with Crippen LogP contribution in [0.1, 0.15) is 12.5 Å². The van der Waals surface area contributed by atoms with Crippen LogP contribution in [-0.2, 0) is 6.42 Å². The number of nitrogens with zero attached hydrogens (tertiary/aromatic N) is 1. The van der Waals surface area contributed by atoms with Crippen LogP contribution in [-0.4, -0.2) is 4.98 Å². The van der Waals surface area contributed by atoms with E-state index in [4.69, 9.17) is 4.98 Å². The Kier molecular flexibility index (Phi) is 3.12. The van der Waals surface area contributed by atoms with Crippen LogP contribution < -0.4 is 0 Å². The second-order valence-corrected chi connectivity index (χ2v) is 5.54. The van der Waals surface area contributed by atoms with Gasteiger partial charge in [-0.05, 0) is 23.4 Å². The third-order valence-electron chi connectivity index (χ3n) is 4.24. The highest BCUT2D eigenvalue weighted by Crippen LogP contribution is 2.33. The number of pyridine rings is 1. The Bertz CT molecular complexity index is 955. The number of aryl methyl sites for hydroxylation is 1. The van der Waals surface area contributed by atoms with Crippen LogP contribution in [0.2, 0.25) is 0 Å². The SMILES string of the molecule is CCc1cccc2nc(-c3ccccc3)c3ccccc3c12. The van der Waals surface area contributed by atoms with Gasteiger partial charge in [0, 0.05) is 16.3 Å². The number of rotatable bonds is 2. The molecule has 0 unspecified atom stereocenters. The van der Waals surface area contributed by atoms with Gasteiger partial charge in [0.15, 0.2) is 0 Å². The molecule has 3 aromatic carbocycles. The van der Waals surface area contributed by atoms with Crippen LogP contribution in [0.4, 0.5) is 0 Å². The van der Waals surface area contributed by atoms with Gasteiger partial charge >= 0.3 is 0 Å². The van der Waals surface area contributed by atoms with Crippen molar-refractivity contribution >= 4 is 21.7 Å². The van der Waals surface area contributed by atoms with E-state index in [1.54, 1.807) is 0 Å². The van der Waals surface area contributed by atoms with E-state index in [0.717, 1.165) is 17.6 Å². The van der Waals surface area contributed by atoms with Crippen molar-refractivity contribution in [1.82, 2.24) is 4.98 Å². The van der Waals surface area contributed by atoms with Crippen molar-refractivity contribution in [2.75, 3.05) is 0 Å². The smallest absolute Gasteiger partial charge is 0.0788 e. The topological polar surface area (TPSA) is 12.9 Å². The van der Waals surface area contributed by atoms with E-state index in [9.17, 15) is 0 Å². The third-order valence-corrected chi connectivity index (χ3v) is 4.24. The molecule has 0 aliphatic heterocycles. The zero-order valence-electron chi connectivity index (χ0n) is 12.6. The molecule has 0 spiro atoms. The van der Waals surface area contributed by atoms with Gasteiger partial charge in [0.2, 0.25) is 0 Å². The molecule has 0 atom stereocenters. The molecular formula is C21H17N. The van der Waals surface area contributed by atoms with E-state index < -0.39 is 0 Å². The molecular weight excluding hydrogens is 266 g/mol. The fourth-order valence-corrected chi connectivity index (χ4v) is 3.19. The van der Waals surface area contributed by atoms with Crippen molar-refractivity contribution < 1.29 is 0 Å². The van der Waals surface area contributed by atoms with E-state index in [0.29, 0.717) is 0 Å². The summed E-state index contributed by atoms with van der Waals surface area (Å²) >= 11 is 0. The standard InChI is InChI=1S/C21H17N/c1-2-15-11-8-14-19-20(15)17-12-6-7-13-18(17)21(22-19)16-9-4-3-5-10-16/h3-14H,2H2,1H3.